The largest absolute Gasteiger partial charge is 0.355 e. The lowest BCUT2D eigenvalue weighted by Gasteiger charge is -2.33. The molecule has 0 saturated carbocycles. The van der Waals surface area contributed by atoms with Crippen LogP contribution in [0.4, 0.5) is 5.82 Å². The first-order valence-electron chi connectivity index (χ1n) is 12.7. The number of fused-ring (bicyclic) bond motifs is 1. The van der Waals surface area contributed by atoms with Crippen molar-refractivity contribution >= 4 is 16.7 Å². The zero-order valence-electron chi connectivity index (χ0n) is 21.3. The zero-order valence-corrected chi connectivity index (χ0v) is 21.3. The summed E-state index contributed by atoms with van der Waals surface area (Å²) < 4.78 is 2.49. The molecule has 0 N–H and O–H groups in total. The molecule has 2 aromatic carbocycles. The van der Waals surface area contributed by atoms with Crippen molar-refractivity contribution in [1.82, 2.24) is 9.55 Å². The van der Waals surface area contributed by atoms with Gasteiger partial charge in [-0.25, -0.2) is 4.98 Å². The third kappa shape index (κ3) is 4.24. The molecular weight excluding hydrogens is 414 g/mol. The van der Waals surface area contributed by atoms with Gasteiger partial charge in [-0.2, -0.15) is 0 Å². The number of nitrogens with zero attached hydrogens (tertiary/aromatic N) is 3. The van der Waals surface area contributed by atoms with Gasteiger partial charge < -0.3 is 9.47 Å². The van der Waals surface area contributed by atoms with Gasteiger partial charge in [0.05, 0.1) is 5.52 Å². The van der Waals surface area contributed by atoms with Crippen LogP contribution >= 0.6 is 0 Å². The molecular formula is C31H37N3. The number of benzene rings is 2. The van der Waals surface area contributed by atoms with Crippen LogP contribution in [0.5, 0.6) is 0 Å². The molecule has 3 heterocycles. The second-order valence-corrected chi connectivity index (χ2v) is 10.9. The van der Waals surface area contributed by atoms with Crippen molar-refractivity contribution in [3.8, 4) is 0 Å². The number of hydrogen-bond acceptors (Lipinski definition) is 2. The lowest BCUT2D eigenvalue weighted by molar-refractivity contribution is 0.503. The maximum atomic E-state index is 4.94. The Morgan fingerprint density at radius 2 is 1.56 bits per heavy atom. The Morgan fingerprint density at radius 1 is 0.882 bits per heavy atom. The number of aromatic nitrogens is 2. The molecule has 0 spiro atoms. The van der Waals surface area contributed by atoms with Crippen molar-refractivity contribution in [2.75, 3.05) is 18.0 Å². The van der Waals surface area contributed by atoms with Gasteiger partial charge in [0.1, 0.15) is 0 Å². The minimum atomic E-state index is 0.175. The van der Waals surface area contributed by atoms with Crippen LogP contribution in [0.2, 0.25) is 0 Å². The van der Waals surface area contributed by atoms with E-state index in [4.69, 9.17) is 4.98 Å². The van der Waals surface area contributed by atoms with Crippen LogP contribution in [0, 0.1) is 13.8 Å². The average Bonchev–Trinajstić information content (AvgIpc) is 3.09. The van der Waals surface area contributed by atoms with E-state index in [1.165, 1.54) is 51.7 Å². The van der Waals surface area contributed by atoms with Gasteiger partial charge in [0.15, 0.2) is 5.82 Å². The highest BCUT2D eigenvalue weighted by atomic mass is 15.2. The van der Waals surface area contributed by atoms with Gasteiger partial charge in [0, 0.05) is 36.9 Å². The molecule has 0 radical (unpaired) electrons. The standard InChI is InChI=1S/C31H37N3/c1-22-23(2)34(21-24-11-13-27(14-12-24)31(3,4)5)29-28(22)15-18-32-30(29)33-19-16-26(17-20-33)25-9-7-6-8-10-25/h6-15,18,26H,16-17,19-21H2,1-5H3. The maximum absolute atomic E-state index is 4.94. The predicted molar refractivity (Wildman–Crippen MR) is 144 cm³/mol. The van der Waals surface area contributed by atoms with Gasteiger partial charge in [0.25, 0.3) is 0 Å². The molecule has 3 nitrogen and oxygen atoms in total. The fraction of sp³-hybridized carbons (Fsp3) is 0.387. The third-order valence-electron chi connectivity index (χ3n) is 7.75. The first-order valence-corrected chi connectivity index (χ1v) is 12.7. The minimum absolute atomic E-state index is 0.175. The van der Waals surface area contributed by atoms with Crippen LogP contribution in [0.3, 0.4) is 0 Å². The maximum Gasteiger partial charge on any atom is 0.153 e. The van der Waals surface area contributed by atoms with Crippen molar-refractivity contribution in [2.24, 2.45) is 0 Å². The van der Waals surface area contributed by atoms with E-state index in [2.05, 4.69) is 105 Å². The van der Waals surface area contributed by atoms with Crippen molar-refractivity contribution in [3.63, 3.8) is 0 Å². The first kappa shape index (κ1) is 22.7. The van der Waals surface area contributed by atoms with Crippen LogP contribution in [0.15, 0.2) is 66.9 Å². The van der Waals surface area contributed by atoms with E-state index >= 15 is 0 Å². The first-order chi connectivity index (χ1) is 16.3. The van der Waals surface area contributed by atoms with E-state index in [0.717, 1.165) is 25.5 Å². The molecule has 0 atom stereocenters. The van der Waals surface area contributed by atoms with Crippen LogP contribution in [0.1, 0.15) is 67.5 Å². The highest BCUT2D eigenvalue weighted by molar-refractivity contribution is 5.93. The van der Waals surface area contributed by atoms with Gasteiger partial charge in [-0.3, -0.25) is 0 Å². The minimum Gasteiger partial charge on any atom is -0.355 e. The summed E-state index contributed by atoms with van der Waals surface area (Å²) in [6.45, 7) is 14.3. The Balaban J connectivity index is 1.46. The summed E-state index contributed by atoms with van der Waals surface area (Å²) in [5.41, 5.74) is 8.36. The SMILES string of the molecule is Cc1c(C)n(Cc2ccc(C(C)(C)C)cc2)c2c(N3CCC(c4ccccc4)CC3)nccc12. The molecule has 176 valence electrons. The molecule has 1 aliphatic rings. The van der Waals surface area contributed by atoms with Gasteiger partial charge in [-0.1, -0.05) is 75.4 Å². The lowest BCUT2D eigenvalue weighted by atomic mass is 9.87. The van der Waals surface area contributed by atoms with Crippen molar-refractivity contribution in [3.05, 3.63) is 94.8 Å². The van der Waals surface area contributed by atoms with Crippen molar-refractivity contribution in [1.29, 1.82) is 0 Å². The topological polar surface area (TPSA) is 21.1 Å². The normalized spacial score (nSPS) is 15.3. The van der Waals surface area contributed by atoms with E-state index in [1.807, 2.05) is 6.20 Å². The molecule has 0 unspecified atom stereocenters. The highest BCUT2D eigenvalue weighted by Gasteiger charge is 2.25. The van der Waals surface area contributed by atoms with Crippen LogP contribution in [-0.4, -0.2) is 22.6 Å². The molecule has 34 heavy (non-hydrogen) atoms. The molecule has 1 aliphatic heterocycles. The van der Waals surface area contributed by atoms with Crippen molar-refractivity contribution < 1.29 is 0 Å². The number of rotatable bonds is 4. The number of anilines is 1. The highest BCUT2D eigenvalue weighted by Crippen LogP contribution is 2.36. The zero-order chi connectivity index (χ0) is 23.9. The number of piperidine rings is 1. The molecule has 1 fully saturated rings. The Hall–Kier alpha value is -3.07. The average molecular weight is 452 g/mol. The summed E-state index contributed by atoms with van der Waals surface area (Å²) in [6.07, 6.45) is 4.35. The molecule has 4 aromatic rings. The third-order valence-corrected chi connectivity index (χ3v) is 7.75. The van der Waals surface area contributed by atoms with Crippen LogP contribution < -0.4 is 4.90 Å². The van der Waals surface area contributed by atoms with E-state index < -0.39 is 0 Å². The van der Waals surface area contributed by atoms with E-state index in [9.17, 15) is 0 Å². The van der Waals surface area contributed by atoms with Gasteiger partial charge in [0.2, 0.25) is 0 Å². The second-order valence-electron chi connectivity index (χ2n) is 10.9. The smallest absolute Gasteiger partial charge is 0.153 e. The fourth-order valence-corrected chi connectivity index (χ4v) is 5.45. The van der Waals surface area contributed by atoms with E-state index in [-0.39, 0.29) is 5.41 Å². The van der Waals surface area contributed by atoms with E-state index in [1.54, 1.807) is 0 Å². The summed E-state index contributed by atoms with van der Waals surface area (Å²) in [7, 11) is 0. The summed E-state index contributed by atoms with van der Waals surface area (Å²) in [4.78, 5) is 7.45. The summed E-state index contributed by atoms with van der Waals surface area (Å²) >= 11 is 0. The molecule has 2 aromatic heterocycles. The monoisotopic (exact) mass is 451 g/mol. The number of hydrogen-bond donors (Lipinski definition) is 0. The summed E-state index contributed by atoms with van der Waals surface area (Å²) in [6, 6.07) is 22.4. The molecule has 5 rings (SSSR count). The van der Waals surface area contributed by atoms with E-state index in [0.29, 0.717) is 5.92 Å². The molecule has 1 saturated heterocycles. The Kier molecular flexibility index (Phi) is 5.97. The van der Waals surface area contributed by atoms with Gasteiger partial charge in [-0.15, -0.1) is 0 Å². The molecule has 3 heteroatoms. The fourth-order valence-electron chi connectivity index (χ4n) is 5.45. The lowest BCUT2D eigenvalue weighted by Crippen LogP contribution is -2.33. The van der Waals surface area contributed by atoms with Gasteiger partial charge in [-0.05, 0) is 66.3 Å². The number of aryl methyl sites for hydroxylation is 1. The predicted octanol–water partition coefficient (Wildman–Crippen LogP) is 7.38. The van der Waals surface area contributed by atoms with Crippen LogP contribution in [-0.2, 0) is 12.0 Å². The van der Waals surface area contributed by atoms with Crippen molar-refractivity contribution in [2.45, 2.75) is 65.3 Å². The number of pyridine rings is 1. The van der Waals surface area contributed by atoms with Crippen LogP contribution in [0.25, 0.3) is 10.9 Å². The Morgan fingerprint density at radius 3 is 2.21 bits per heavy atom. The Bertz CT molecular complexity index is 1270. The quantitative estimate of drug-likeness (QED) is 0.323. The Labute approximate surface area is 204 Å². The second kappa shape index (κ2) is 8.94. The summed E-state index contributed by atoms with van der Waals surface area (Å²) in [5.74, 6) is 1.79. The molecule has 0 bridgehead atoms. The van der Waals surface area contributed by atoms with Gasteiger partial charge >= 0.3 is 0 Å². The molecule has 0 amide bonds. The molecule has 0 aliphatic carbocycles. The summed E-state index contributed by atoms with van der Waals surface area (Å²) in [5, 5.41) is 1.33.